The van der Waals surface area contributed by atoms with E-state index in [0.717, 1.165) is 6.07 Å². The van der Waals surface area contributed by atoms with Crippen molar-refractivity contribution in [2.45, 2.75) is 19.4 Å². The number of carbonyl (C=O) groups excluding carboxylic acids is 2. The molecule has 0 aromatic heterocycles. The van der Waals surface area contributed by atoms with Crippen molar-refractivity contribution in [2.24, 2.45) is 0 Å². The van der Waals surface area contributed by atoms with E-state index >= 15 is 0 Å². The summed E-state index contributed by atoms with van der Waals surface area (Å²) in [5.74, 6) is -5.54. The lowest BCUT2D eigenvalue weighted by Crippen LogP contribution is -2.31. The average molecular weight is 367 g/mol. The van der Waals surface area contributed by atoms with E-state index in [9.17, 15) is 22.8 Å². The standard InChI is InChI=1S/C18H16F3NO4/c1-10(18(24)22-14-8-7-13(19)16(20)17(14)21)26-15(23)9-11-3-5-12(25-2)6-4-11/h3-8,10H,9H2,1-2H3,(H,22,24)/t10-/m1/s1. The molecule has 2 rings (SSSR count). The van der Waals surface area contributed by atoms with E-state index in [0.29, 0.717) is 17.4 Å². The van der Waals surface area contributed by atoms with Gasteiger partial charge in [0.15, 0.2) is 23.6 Å². The quantitative estimate of drug-likeness (QED) is 0.629. The molecule has 26 heavy (non-hydrogen) atoms. The summed E-state index contributed by atoms with van der Waals surface area (Å²) >= 11 is 0. The van der Waals surface area contributed by atoms with E-state index < -0.39 is 41.1 Å². The number of esters is 1. The summed E-state index contributed by atoms with van der Waals surface area (Å²) in [5, 5.41) is 2.05. The fourth-order valence-electron chi connectivity index (χ4n) is 2.06. The third-order valence-corrected chi connectivity index (χ3v) is 3.48. The molecule has 0 unspecified atom stereocenters. The number of anilines is 1. The average Bonchev–Trinajstić information content (AvgIpc) is 2.62. The van der Waals surface area contributed by atoms with Crippen molar-refractivity contribution in [1.82, 2.24) is 0 Å². The van der Waals surface area contributed by atoms with Gasteiger partial charge in [0, 0.05) is 0 Å². The van der Waals surface area contributed by atoms with Crippen LogP contribution in [0.15, 0.2) is 36.4 Å². The summed E-state index contributed by atoms with van der Waals surface area (Å²) in [7, 11) is 1.51. The number of ether oxygens (including phenoxy) is 2. The number of benzene rings is 2. The van der Waals surface area contributed by atoms with Gasteiger partial charge in [-0.1, -0.05) is 12.1 Å². The van der Waals surface area contributed by atoms with E-state index in [1.54, 1.807) is 24.3 Å². The minimum atomic E-state index is -1.70. The zero-order valence-electron chi connectivity index (χ0n) is 14.0. The summed E-state index contributed by atoms with van der Waals surface area (Å²) < 4.78 is 49.5. The second kappa shape index (κ2) is 8.37. The van der Waals surface area contributed by atoms with Crippen LogP contribution in [0.5, 0.6) is 5.75 Å². The van der Waals surface area contributed by atoms with Crippen molar-refractivity contribution in [2.75, 3.05) is 12.4 Å². The molecule has 0 heterocycles. The molecule has 5 nitrogen and oxygen atoms in total. The lowest BCUT2D eigenvalue weighted by molar-refractivity contribution is -0.152. The minimum Gasteiger partial charge on any atom is -0.497 e. The van der Waals surface area contributed by atoms with Crippen LogP contribution in [0.25, 0.3) is 0 Å². The van der Waals surface area contributed by atoms with Crippen LogP contribution >= 0.6 is 0 Å². The molecule has 0 aliphatic heterocycles. The van der Waals surface area contributed by atoms with E-state index in [1.165, 1.54) is 14.0 Å². The highest BCUT2D eigenvalue weighted by molar-refractivity contribution is 5.95. The van der Waals surface area contributed by atoms with Crippen LogP contribution in [-0.4, -0.2) is 25.1 Å². The highest BCUT2D eigenvalue weighted by Gasteiger charge is 2.21. The molecule has 1 N–H and O–H groups in total. The minimum absolute atomic E-state index is 0.0822. The highest BCUT2D eigenvalue weighted by atomic mass is 19.2. The number of hydrogen-bond donors (Lipinski definition) is 1. The van der Waals surface area contributed by atoms with Gasteiger partial charge >= 0.3 is 5.97 Å². The number of hydrogen-bond acceptors (Lipinski definition) is 4. The van der Waals surface area contributed by atoms with Crippen molar-refractivity contribution in [3.63, 3.8) is 0 Å². The Morgan fingerprint density at radius 1 is 1.04 bits per heavy atom. The van der Waals surface area contributed by atoms with Crippen molar-refractivity contribution >= 4 is 17.6 Å². The van der Waals surface area contributed by atoms with E-state index in [-0.39, 0.29) is 6.42 Å². The molecule has 0 bridgehead atoms. The molecule has 0 aliphatic rings. The molecular weight excluding hydrogens is 351 g/mol. The topological polar surface area (TPSA) is 64.6 Å². The monoisotopic (exact) mass is 367 g/mol. The molecule has 1 atom stereocenters. The SMILES string of the molecule is COc1ccc(CC(=O)O[C@H](C)C(=O)Nc2ccc(F)c(F)c2F)cc1. The predicted molar refractivity (Wildman–Crippen MR) is 87.2 cm³/mol. The zero-order chi connectivity index (χ0) is 19.3. The molecule has 0 spiro atoms. The Bertz CT molecular complexity index is 809. The fraction of sp³-hybridized carbons (Fsp3) is 0.222. The Hall–Kier alpha value is -3.03. The lowest BCUT2D eigenvalue weighted by Gasteiger charge is -2.14. The number of amides is 1. The van der Waals surface area contributed by atoms with Crippen LogP contribution in [0.2, 0.25) is 0 Å². The van der Waals surface area contributed by atoms with Crippen LogP contribution in [0, 0.1) is 17.5 Å². The van der Waals surface area contributed by atoms with Crippen LogP contribution in [0.4, 0.5) is 18.9 Å². The Balaban J connectivity index is 1.93. The van der Waals surface area contributed by atoms with Gasteiger partial charge < -0.3 is 14.8 Å². The summed E-state index contributed by atoms with van der Waals surface area (Å²) in [4.78, 5) is 23.8. The summed E-state index contributed by atoms with van der Waals surface area (Å²) in [5.41, 5.74) is 0.0991. The van der Waals surface area contributed by atoms with Crippen LogP contribution in [0.1, 0.15) is 12.5 Å². The van der Waals surface area contributed by atoms with Gasteiger partial charge in [0.2, 0.25) is 0 Å². The van der Waals surface area contributed by atoms with E-state index in [1.807, 2.05) is 5.32 Å². The second-order valence-corrected chi connectivity index (χ2v) is 5.37. The highest BCUT2D eigenvalue weighted by Crippen LogP contribution is 2.20. The maximum absolute atomic E-state index is 13.6. The largest absolute Gasteiger partial charge is 0.497 e. The van der Waals surface area contributed by atoms with Crippen LogP contribution in [0.3, 0.4) is 0 Å². The van der Waals surface area contributed by atoms with Crippen molar-refractivity contribution in [1.29, 1.82) is 0 Å². The number of methoxy groups -OCH3 is 1. The van der Waals surface area contributed by atoms with Crippen molar-refractivity contribution < 1.29 is 32.2 Å². The first-order valence-electron chi connectivity index (χ1n) is 7.58. The lowest BCUT2D eigenvalue weighted by atomic mass is 10.1. The molecule has 138 valence electrons. The van der Waals surface area contributed by atoms with Gasteiger partial charge in [-0.25, -0.2) is 13.2 Å². The third kappa shape index (κ3) is 4.75. The molecular formula is C18H16F3NO4. The predicted octanol–water partition coefficient (Wildman–Crippen LogP) is 3.23. The van der Waals surface area contributed by atoms with Gasteiger partial charge in [-0.05, 0) is 36.8 Å². The maximum Gasteiger partial charge on any atom is 0.311 e. The molecule has 0 saturated heterocycles. The van der Waals surface area contributed by atoms with Gasteiger partial charge in [0.05, 0.1) is 19.2 Å². The van der Waals surface area contributed by atoms with Gasteiger partial charge in [-0.15, -0.1) is 0 Å². The zero-order valence-corrected chi connectivity index (χ0v) is 14.0. The fourth-order valence-corrected chi connectivity index (χ4v) is 2.06. The van der Waals surface area contributed by atoms with E-state index in [4.69, 9.17) is 9.47 Å². The van der Waals surface area contributed by atoms with Gasteiger partial charge in [0.1, 0.15) is 5.75 Å². The molecule has 8 heteroatoms. The second-order valence-electron chi connectivity index (χ2n) is 5.37. The van der Waals surface area contributed by atoms with Gasteiger partial charge in [0.25, 0.3) is 5.91 Å². The van der Waals surface area contributed by atoms with Crippen molar-refractivity contribution in [3.8, 4) is 5.75 Å². The molecule has 0 saturated carbocycles. The summed E-state index contributed by atoms with van der Waals surface area (Å²) in [6.07, 6.45) is -1.34. The Morgan fingerprint density at radius 3 is 2.31 bits per heavy atom. The van der Waals surface area contributed by atoms with Gasteiger partial charge in [-0.3, -0.25) is 9.59 Å². The summed E-state index contributed by atoms with van der Waals surface area (Å²) in [6.45, 7) is 1.28. The molecule has 2 aromatic carbocycles. The summed E-state index contributed by atoms with van der Waals surface area (Å²) in [6, 6.07) is 8.23. The Kier molecular flexibility index (Phi) is 6.21. The van der Waals surface area contributed by atoms with Crippen LogP contribution in [-0.2, 0) is 20.7 Å². The Labute approximate surface area is 147 Å². The first-order chi connectivity index (χ1) is 12.3. The molecule has 0 aliphatic carbocycles. The number of nitrogens with one attached hydrogen (secondary N) is 1. The van der Waals surface area contributed by atoms with Crippen molar-refractivity contribution in [3.05, 3.63) is 59.4 Å². The Morgan fingerprint density at radius 2 is 1.69 bits per heavy atom. The number of carbonyl (C=O) groups is 2. The van der Waals surface area contributed by atoms with E-state index in [2.05, 4.69) is 0 Å². The number of rotatable bonds is 6. The number of halogens is 3. The molecule has 0 radical (unpaired) electrons. The molecule has 0 fully saturated rings. The normalized spacial score (nSPS) is 11.6. The molecule has 2 aromatic rings. The smallest absolute Gasteiger partial charge is 0.311 e. The first kappa shape index (κ1) is 19.3. The van der Waals surface area contributed by atoms with Crippen LogP contribution < -0.4 is 10.1 Å². The maximum atomic E-state index is 13.6. The molecule has 1 amide bonds. The van der Waals surface area contributed by atoms with Gasteiger partial charge in [-0.2, -0.15) is 0 Å². The first-order valence-corrected chi connectivity index (χ1v) is 7.58. The third-order valence-electron chi connectivity index (χ3n) is 3.48.